The molecule has 2 aromatic heterocycles. The molecule has 4 aliphatic heterocycles. The lowest BCUT2D eigenvalue weighted by atomic mass is 9.57. The normalized spacial score (nSPS) is 22.9. The van der Waals surface area contributed by atoms with Crippen molar-refractivity contribution in [3.05, 3.63) is 71.5 Å². The molecule has 6 heterocycles. The van der Waals surface area contributed by atoms with Crippen molar-refractivity contribution >= 4 is 40.5 Å². The molecule has 5 aliphatic rings. The van der Waals surface area contributed by atoms with E-state index in [-0.39, 0.29) is 59.8 Å². The number of likely N-dealkylation sites (N-methyl/N-ethyl adjacent to an activating group) is 1. The predicted octanol–water partition coefficient (Wildman–Crippen LogP) is 5.56. The third kappa shape index (κ3) is 9.11. The summed E-state index contributed by atoms with van der Waals surface area (Å²) in [7, 11) is 1.66. The number of aromatic nitrogens is 2. The summed E-state index contributed by atoms with van der Waals surface area (Å²) >= 11 is 0. The molecule has 15 heteroatoms. The van der Waals surface area contributed by atoms with Gasteiger partial charge in [-0.15, -0.1) is 0 Å². The number of aromatic hydroxyl groups is 1. The number of hydrazine groups is 1. The molecule has 362 valence electrons. The number of amides is 4. The molecule has 4 atom stereocenters. The molecule has 15 nitrogen and oxygen atoms in total. The van der Waals surface area contributed by atoms with E-state index < -0.39 is 41.3 Å². The van der Waals surface area contributed by atoms with Crippen LogP contribution in [0.15, 0.2) is 54.7 Å². The maximum atomic E-state index is 14.8. The topological polar surface area (TPSA) is 188 Å². The summed E-state index contributed by atoms with van der Waals surface area (Å²) in [6.45, 7) is 17.6. The molecule has 1 saturated carbocycles. The summed E-state index contributed by atoms with van der Waals surface area (Å²) in [5.41, 5.74) is 10.1. The van der Waals surface area contributed by atoms with Crippen LogP contribution in [0.2, 0.25) is 0 Å². The van der Waals surface area contributed by atoms with Crippen LogP contribution < -0.4 is 16.1 Å². The van der Waals surface area contributed by atoms with Gasteiger partial charge in [0.2, 0.25) is 17.7 Å². The molecule has 0 unspecified atom stereocenters. The number of benzene rings is 2. The second kappa shape index (κ2) is 18.3. The second-order valence-corrected chi connectivity index (χ2v) is 21.7. The summed E-state index contributed by atoms with van der Waals surface area (Å²) in [4.78, 5) is 78.2. The van der Waals surface area contributed by atoms with E-state index in [4.69, 9.17) is 9.72 Å². The van der Waals surface area contributed by atoms with Crippen molar-refractivity contribution in [3.8, 4) is 28.1 Å². The van der Waals surface area contributed by atoms with Crippen molar-refractivity contribution in [1.29, 1.82) is 0 Å². The molecule has 1 spiro atoms. The zero-order valence-corrected chi connectivity index (χ0v) is 40.9. The minimum atomic E-state index is -1.13. The second-order valence-electron chi connectivity index (χ2n) is 21.7. The van der Waals surface area contributed by atoms with E-state index >= 15 is 0 Å². The fourth-order valence-electron chi connectivity index (χ4n) is 11.5. The Morgan fingerprint density at radius 1 is 1.03 bits per heavy atom. The average molecular weight is 929 g/mol. The first-order valence-corrected chi connectivity index (χ1v) is 24.6. The van der Waals surface area contributed by atoms with Crippen LogP contribution in [0.25, 0.3) is 33.3 Å². The lowest BCUT2D eigenvalue weighted by Gasteiger charge is -2.59. The average Bonchev–Trinajstić information content (AvgIpc) is 4.09. The van der Waals surface area contributed by atoms with Crippen LogP contribution in [0.4, 0.5) is 0 Å². The Labute approximate surface area is 399 Å². The molecular weight excluding hydrogens is 861 g/mol. The van der Waals surface area contributed by atoms with Crippen LogP contribution in [0.3, 0.4) is 0 Å². The fraction of sp³-hybridized carbons (Fsp3) is 0.547. The highest BCUT2D eigenvalue weighted by atomic mass is 16.5. The van der Waals surface area contributed by atoms with E-state index in [0.717, 1.165) is 51.1 Å². The van der Waals surface area contributed by atoms with Crippen molar-refractivity contribution in [1.82, 2.24) is 40.4 Å². The van der Waals surface area contributed by atoms with Crippen molar-refractivity contribution in [3.63, 3.8) is 0 Å². The van der Waals surface area contributed by atoms with E-state index in [1.165, 1.54) is 9.91 Å². The number of fused-ring (bicyclic) bond motifs is 6. The predicted molar refractivity (Wildman–Crippen MR) is 259 cm³/mol. The van der Waals surface area contributed by atoms with Gasteiger partial charge in [-0.2, -0.15) is 0 Å². The number of nitrogens with one attached hydrogen (secondary N) is 3. The van der Waals surface area contributed by atoms with Gasteiger partial charge in [-0.3, -0.25) is 34.0 Å². The van der Waals surface area contributed by atoms with Gasteiger partial charge < -0.3 is 34.8 Å². The van der Waals surface area contributed by atoms with Crippen molar-refractivity contribution in [2.24, 2.45) is 22.7 Å². The minimum Gasteiger partial charge on any atom is -0.508 e. The summed E-state index contributed by atoms with van der Waals surface area (Å²) in [6.07, 6.45) is 4.77. The third-order valence-corrected chi connectivity index (χ3v) is 14.9. The molecule has 68 heavy (non-hydrogen) atoms. The largest absolute Gasteiger partial charge is 0.508 e. The van der Waals surface area contributed by atoms with E-state index in [2.05, 4.69) is 79.5 Å². The first-order valence-electron chi connectivity index (χ1n) is 24.6. The first-order chi connectivity index (χ1) is 32.4. The van der Waals surface area contributed by atoms with Gasteiger partial charge >= 0.3 is 5.97 Å². The quantitative estimate of drug-likeness (QED) is 0.122. The summed E-state index contributed by atoms with van der Waals surface area (Å²) < 4.78 is 8.47. The highest BCUT2D eigenvalue weighted by molar-refractivity contribution is 5.96. The Balaban J connectivity index is 1.05. The van der Waals surface area contributed by atoms with Crippen molar-refractivity contribution in [2.45, 2.75) is 124 Å². The number of rotatable bonds is 9. The smallest absolute Gasteiger partial charge is 0.324 e. The number of phenols is 1. The zero-order valence-electron chi connectivity index (χ0n) is 40.9. The summed E-state index contributed by atoms with van der Waals surface area (Å²) in [5.74, 6) is -1.74. The van der Waals surface area contributed by atoms with Gasteiger partial charge in [0.15, 0.2) is 0 Å². The Bertz CT molecular complexity index is 2640. The molecule has 4 fully saturated rings. The maximum Gasteiger partial charge on any atom is 0.324 e. The molecule has 4 aromatic rings. The van der Waals surface area contributed by atoms with Crippen LogP contribution in [0.5, 0.6) is 5.75 Å². The van der Waals surface area contributed by atoms with Gasteiger partial charge in [-0.1, -0.05) is 53.7 Å². The number of hydrogen-bond donors (Lipinski definition) is 4. The number of cyclic esters (lactones) is 1. The molecule has 6 bridgehead atoms. The van der Waals surface area contributed by atoms with Gasteiger partial charge in [0.1, 0.15) is 23.9 Å². The van der Waals surface area contributed by atoms with Crippen LogP contribution in [0, 0.1) is 22.7 Å². The third-order valence-electron chi connectivity index (χ3n) is 14.9. The van der Waals surface area contributed by atoms with Crippen LogP contribution in [-0.2, 0) is 48.1 Å². The van der Waals surface area contributed by atoms with E-state index in [0.29, 0.717) is 63.8 Å². The minimum absolute atomic E-state index is 0.0142. The van der Waals surface area contributed by atoms with Gasteiger partial charge in [0, 0.05) is 85.6 Å². The lowest BCUT2D eigenvalue weighted by Crippen LogP contribution is -2.67. The first kappa shape index (κ1) is 47.3. The molecular formula is C53H68N8O7. The van der Waals surface area contributed by atoms with Crippen molar-refractivity contribution < 1.29 is 33.8 Å². The number of phenolic OH excluding ortho intramolecular Hbond substituents is 1. The molecule has 9 rings (SSSR count). The van der Waals surface area contributed by atoms with E-state index in [1.54, 1.807) is 19.2 Å². The Kier molecular flexibility index (Phi) is 12.7. The number of ether oxygens (including phenoxy) is 1. The summed E-state index contributed by atoms with van der Waals surface area (Å²) in [6, 6.07) is 12.9. The van der Waals surface area contributed by atoms with E-state index in [1.807, 2.05) is 37.1 Å². The Hall–Kier alpha value is -5.80. The van der Waals surface area contributed by atoms with Gasteiger partial charge in [-0.25, -0.2) is 5.43 Å². The monoisotopic (exact) mass is 929 g/mol. The Morgan fingerprint density at radius 2 is 1.78 bits per heavy atom. The zero-order chi connectivity index (χ0) is 48.4. The fourth-order valence-corrected chi connectivity index (χ4v) is 11.5. The highest BCUT2D eigenvalue weighted by Gasteiger charge is 2.57. The molecule has 4 N–H and O–H groups in total. The van der Waals surface area contributed by atoms with Crippen LogP contribution in [-0.4, -0.2) is 123 Å². The highest BCUT2D eigenvalue weighted by Crippen LogP contribution is 2.53. The van der Waals surface area contributed by atoms with Gasteiger partial charge in [0.25, 0.3) is 5.91 Å². The number of carbonyl (C=O) groups is 5. The maximum absolute atomic E-state index is 14.8. The Morgan fingerprint density at radius 3 is 2.47 bits per heavy atom. The standard InChI is InChI=1S/C53H68N8O7/c1-9-60-43-15-14-33-22-38(43)39(46(60)37-12-10-16-54-44(37)30(2)3)25-52(6,7)29-68-51(67)40-13-11-17-61(57-40)50(66)41(20-32-18-34(33)21-36(62)19-32)56-47(63)45(31(4)5)58(8)48(64)35-23-53(24-35)27-59(28-53)49(65)42-26-55-42/h10,12,14-16,18-19,21-22,30-31,35,40-42,45,55,57,62H,9,11,13,17,20,23-29H2,1-8H3,(H,56,63)/t40-,41-,42+,45-/m0/s1. The molecule has 2 aromatic carbocycles. The molecule has 1 aliphatic carbocycles. The lowest BCUT2D eigenvalue weighted by molar-refractivity contribution is -0.166. The summed E-state index contributed by atoms with van der Waals surface area (Å²) in [5, 5.41) is 19.9. The number of carbonyl (C=O) groups excluding carboxylic acids is 5. The molecule has 4 amide bonds. The van der Waals surface area contributed by atoms with Gasteiger partial charge in [0.05, 0.1) is 24.0 Å². The molecule has 0 radical (unpaired) electrons. The van der Waals surface area contributed by atoms with Crippen molar-refractivity contribution in [2.75, 3.05) is 39.8 Å². The number of likely N-dealkylation sites (tertiary alicyclic amines) is 1. The SMILES string of the molecule is CCn1c(-c2cccnc2C(C)C)c2c3cc(ccc31)-c1cc(O)cc(c1)C[C@H](NC(=O)[C@H](C(C)C)N(C)C(=O)C1CC3(C1)CN(C(=O)[C@H]1CN1)C3)C(=O)N1CCC[C@H](N1)C(=O)OCC(C)(C)C2. The number of hydrogen-bond acceptors (Lipinski definition) is 10. The number of nitrogens with zero attached hydrogens (tertiary/aromatic N) is 5. The van der Waals surface area contributed by atoms with Crippen LogP contribution >= 0.6 is 0 Å². The van der Waals surface area contributed by atoms with Crippen LogP contribution in [0.1, 0.15) is 96.9 Å². The number of aryl methyl sites for hydroxylation is 1. The van der Waals surface area contributed by atoms with E-state index in [9.17, 15) is 29.1 Å². The number of pyridine rings is 1. The molecule has 3 saturated heterocycles. The number of esters is 1. The van der Waals surface area contributed by atoms with Gasteiger partial charge in [-0.05, 0) is 110 Å².